The van der Waals surface area contributed by atoms with Gasteiger partial charge in [0.2, 0.25) is 0 Å². The molecular weight excluding hydrogens is 222 g/mol. The van der Waals surface area contributed by atoms with Gasteiger partial charge in [-0.25, -0.2) is 8.42 Å². The van der Waals surface area contributed by atoms with Gasteiger partial charge in [-0.1, -0.05) is 34.1 Å². The first-order valence-corrected chi connectivity index (χ1v) is 8.17. The monoisotopic (exact) mass is 249 g/mol. The molecule has 1 atom stereocenters. The predicted molar refractivity (Wildman–Crippen MR) is 70.5 cm³/mol. The second kappa shape index (κ2) is 8.07. The molecule has 0 bridgehead atoms. The van der Waals surface area contributed by atoms with E-state index in [0.29, 0.717) is 17.7 Å². The molecule has 0 aromatic heterocycles. The van der Waals surface area contributed by atoms with E-state index in [4.69, 9.17) is 0 Å². The Hall–Kier alpha value is -0.0900. The molecule has 1 unspecified atom stereocenters. The Morgan fingerprint density at radius 2 is 1.81 bits per heavy atom. The molecule has 0 heterocycles. The van der Waals surface area contributed by atoms with Gasteiger partial charge >= 0.3 is 0 Å². The van der Waals surface area contributed by atoms with Crippen LogP contribution in [-0.2, 0) is 9.84 Å². The lowest BCUT2D eigenvalue weighted by molar-refractivity contribution is 0.410. The Morgan fingerprint density at radius 3 is 2.25 bits per heavy atom. The molecule has 0 fully saturated rings. The highest BCUT2D eigenvalue weighted by molar-refractivity contribution is 7.91. The number of rotatable bonds is 9. The minimum Gasteiger partial charge on any atom is -0.314 e. The van der Waals surface area contributed by atoms with Crippen LogP contribution in [0.5, 0.6) is 0 Å². The van der Waals surface area contributed by atoms with Crippen LogP contribution in [0.3, 0.4) is 0 Å². The summed E-state index contributed by atoms with van der Waals surface area (Å²) in [7, 11) is -2.78. The van der Waals surface area contributed by atoms with Crippen LogP contribution in [0, 0.1) is 5.92 Å². The van der Waals surface area contributed by atoms with Gasteiger partial charge in [0.15, 0.2) is 0 Å². The van der Waals surface area contributed by atoms with E-state index in [1.54, 1.807) is 6.92 Å². The maximum atomic E-state index is 11.3. The van der Waals surface area contributed by atoms with Crippen LogP contribution in [0.15, 0.2) is 0 Å². The van der Waals surface area contributed by atoms with E-state index in [9.17, 15) is 8.42 Å². The van der Waals surface area contributed by atoms with E-state index in [0.717, 1.165) is 25.8 Å². The fourth-order valence-corrected chi connectivity index (χ4v) is 2.48. The standard InChI is InChI=1S/C12H27NO2S/c1-5-12(10-13-11(3)4)8-7-9-16(14,15)6-2/h11-13H,5-10H2,1-4H3. The van der Waals surface area contributed by atoms with Crippen molar-refractivity contribution in [1.82, 2.24) is 5.32 Å². The Balaban J connectivity index is 3.79. The van der Waals surface area contributed by atoms with Crippen molar-refractivity contribution < 1.29 is 8.42 Å². The first kappa shape index (κ1) is 15.9. The number of sulfone groups is 1. The average molecular weight is 249 g/mol. The second-order valence-electron chi connectivity index (χ2n) is 4.72. The van der Waals surface area contributed by atoms with Gasteiger partial charge in [0.05, 0.1) is 5.75 Å². The second-order valence-corrected chi connectivity index (χ2v) is 7.19. The van der Waals surface area contributed by atoms with Crippen LogP contribution in [0.2, 0.25) is 0 Å². The van der Waals surface area contributed by atoms with E-state index in [2.05, 4.69) is 26.1 Å². The molecule has 4 heteroatoms. The topological polar surface area (TPSA) is 46.2 Å². The molecule has 0 aromatic carbocycles. The van der Waals surface area contributed by atoms with Crippen molar-refractivity contribution >= 4 is 9.84 Å². The Morgan fingerprint density at radius 1 is 1.19 bits per heavy atom. The first-order chi connectivity index (χ1) is 7.41. The zero-order valence-electron chi connectivity index (χ0n) is 11.1. The van der Waals surface area contributed by atoms with Gasteiger partial charge in [0.1, 0.15) is 9.84 Å². The van der Waals surface area contributed by atoms with Gasteiger partial charge in [0, 0.05) is 11.8 Å². The summed E-state index contributed by atoms with van der Waals surface area (Å²) in [6, 6.07) is 0.508. The van der Waals surface area contributed by atoms with Gasteiger partial charge in [-0.05, 0) is 25.3 Å². The van der Waals surface area contributed by atoms with Gasteiger partial charge in [0.25, 0.3) is 0 Å². The Kier molecular flexibility index (Phi) is 8.02. The molecule has 0 amide bonds. The lowest BCUT2D eigenvalue weighted by atomic mass is 10.0. The summed E-state index contributed by atoms with van der Waals surface area (Å²) < 4.78 is 22.6. The summed E-state index contributed by atoms with van der Waals surface area (Å²) in [6.45, 7) is 9.15. The van der Waals surface area contributed by atoms with Crippen LogP contribution < -0.4 is 5.32 Å². The molecular formula is C12H27NO2S. The Labute approximate surface area is 101 Å². The van der Waals surface area contributed by atoms with Gasteiger partial charge in [-0.15, -0.1) is 0 Å². The zero-order chi connectivity index (χ0) is 12.6. The summed E-state index contributed by atoms with van der Waals surface area (Å²) in [5, 5.41) is 3.41. The molecule has 16 heavy (non-hydrogen) atoms. The van der Waals surface area contributed by atoms with Crippen LogP contribution in [0.4, 0.5) is 0 Å². The fraction of sp³-hybridized carbons (Fsp3) is 1.00. The number of nitrogens with one attached hydrogen (secondary N) is 1. The minimum absolute atomic E-state index is 0.272. The smallest absolute Gasteiger partial charge is 0.150 e. The molecule has 98 valence electrons. The maximum absolute atomic E-state index is 11.3. The summed E-state index contributed by atoms with van der Waals surface area (Å²) in [5.41, 5.74) is 0. The molecule has 0 aromatic rings. The van der Waals surface area contributed by atoms with Gasteiger partial charge in [-0.3, -0.25) is 0 Å². The van der Waals surface area contributed by atoms with Crippen molar-refractivity contribution in [3.05, 3.63) is 0 Å². The third-order valence-electron chi connectivity index (χ3n) is 2.90. The number of hydrogen-bond acceptors (Lipinski definition) is 3. The molecule has 0 saturated heterocycles. The summed E-state index contributed by atoms with van der Waals surface area (Å²) in [6.07, 6.45) is 2.93. The van der Waals surface area contributed by atoms with Crippen molar-refractivity contribution in [2.45, 2.75) is 53.0 Å². The first-order valence-electron chi connectivity index (χ1n) is 6.35. The van der Waals surface area contributed by atoms with E-state index < -0.39 is 9.84 Å². The molecule has 0 spiro atoms. The molecule has 0 aliphatic heterocycles. The van der Waals surface area contributed by atoms with Crippen LogP contribution in [-0.4, -0.2) is 32.5 Å². The van der Waals surface area contributed by atoms with Gasteiger partial charge in [-0.2, -0.15) is 0 Å². The van der Waals surface area contributed by atoms with E-state index in [-0.39, 0.29) is 5.75 Å². The van der Waals surface area contributed by atoms with Crippen molar-refractivity contribution in [1.29, 1.82) is 0 Å². The predicted octanol–water partition coefficient (Wildman–Crippen LogP) is 2.23. The van der Waals surface area contributed by atoms with Crippen LogP contribution in [0.25, 0.3) is 0 Å². The molecule has 0 rings (SSSR count). The lowest BCUT2D eigenvalue weighted by Crippen LogP contribution is -2.29. The normalized spacial score (nSPS) is 14.3. The van der Waals surface area contributed by atoms with E-state index in [1.165, 1.54) is 0 Å². The lowest BCUT2D eigenvalue weighted by Gasteiger charge is -2.17. The highest BCUT2D eigenvalue weighted by Gasteiger charge is 2.11. The van der Waals surface area contributed by atoms with Gasteiger partial charge < -0.3 is 5.32 Å². The van der Waals surface area contributed by atoms with Crippen molar-refractivity contribution in [3.63, 3.8) is 0 Å². The molecule has 0 aliphatic carbocycles. The molecule has 0 aliphatic rings. The average Bonchev–Trinajstić information content (AvgIpc) is 2.22. The van der Waals surface area contributed by atoms with Crippen LogP contribution in [0.1, 0.15) is 47.0 Å². The molecule has 3 nitrogen and oxygen atoms in total. The maximum Gasteiger partial charge on any atom is 0.150 e. The highest BCUT2D eigenvalue weighted by atomic mass is 32.2. The minimum atomic E-state index is -2.78. The van der Waals surface area contributed by atoms with Crippen molar-refractivity contribution in [3.8, 4) is 0 Å². The largest absolute Gasteiger partial charge is 0.314 e. The Bertz CT molecular complexity index is 260. The zero-order valence-corrected chi connectivity index (χ0v) is 11.9. The van der Waals surface area contributed by atoms with E-state index >= 15 is 0 Å². The summed E-state index contributed by atoms with van der Waals surface area (Å²) >= 11 is 0. The molecule has 1 N–H and O–H groups in total. The number of hydrogen-bond donors (Lipinski definition) is 1. The van der Waals surface area contributed by atoms with Crippen molar-refractivity contribution in [2.75, 3.05) is 18.1 Å². The van der Waals surface area contributed by atoms with Crippen molar-refractivity contribution in [2.24, 2.45) is 5.92 Å². The van der Waals surface area contributed by atoms with E-state index in [1.807, 2.05) is 0 Å². The third-order valence-corrected chi connectivity index (χ3v) is 4.69. The summed E-state index contributed by atoms with van der Waals surface area (Å²) in [4.78, 5) is 0. The quantitative estimate of drug-likeness (QED) is 0.681. The SMILES string of the molecule is CCC(CCCS(=O)(=O)CC)CNC(C)C. The highest BCUT2D eigenvalue weighted by Crippen LogP contribution is 2.11. The summed E-state index contributed by atoms with van der Waals surface area (Å²) in [5.74, 6) is 1.23. The van der Waals surface area contributed by atoms with Crippen LogP contribution >= 0.6 is 0 Å². The fourth-order valence-electron chi connectivity index (χ4n) is 1.59. The molecule has 0 saturated carbocycles. The third kappa shape index (κ3) is 8.11. The molecule has 0 radical (unpaired) electrons.